The molecule has 0 saturated carbocycles. The zero-order valence-corrected chi connectivity index (χ0v) is 13.5. The standard InChI is InChI=1S/C18H18N2O2S/c21-17-16(13-4-1-2-5-14(13)19-17)12-7-9-20(10-8-12)18(22)15-6-3-11-23-15/h1-6,11-12,16H,7-10H2,(H,19,21). The number of rotatable bonds is 2. The molecule has 2 aromatic rings. The fraction of sp³-hybridized carbons (Fsp3) is 0.333. The lowest BCUT2D eigenvalue weighted by molar-refractivity contribution is -0.118. The summed E-state index contributed by atoms with van der Waals surface area (Å²) in [6.07, 6.45) is 1.76. The largest absolute Gasteiger partial charge is 0.338 e. The summed E-state index contributed by atoms with van der Waals surface area (Å²) in [4.78, 5) is 27.5. The van der Waals surface area contributed by atoms with E-state index >= 15 is 0 Å². The van der Waals surface area contributed by atoms with Gasteiger partial charge in [-0.1, -0.05) is 24.3 Å². The molecule has 5 heteroatoms. The van der Waals surface area contributed by atoms with E-state index in [-0.39, 0.29) is 17.7 Å². The molecule has 3 heterocycles. The molecule has 118 valence electrons. The number of nitrogens with zero attached hydrogens (tertiary/aromatic N) is 1. The number of likely N-dealkylation sites (tertiary alicyclic amines) is 1. The summed E-state index contributed by atoms with van der Waals surface area (Å²) in [7, 11) is 0. The number of nitrogens with one attached hydrogen (secondary N) is 1. The third-order valence-electron chi connectivity index (χ3n) is 4.87. The smallest absolute Gasteiger partial charge is 0.263 e. The van der Waals surface area contributed by atoms with Crippen molar-refractivity contribution in [3.63, 3.8) is 0 Å². The highest BCUT2D eigenvalue weighted by atomic mass is 32.1. The van der Waals surface area contributed by atoms with Gasteiger partial charge < -0.3 is 10.2 Å². The Morgan fingerprint density at radius 2 is 1.91 bits per heavy atom. The molecular formula is C18H18N2O2S. The molecule has 0 aliphatic carbocycles. The highest BCUT2D eigenvalue weighted by molar-refractivity contribution is 7.12. The van der Waals surface area contributed by atoms with Gasteiger partial charge in [-0.25, -0.2) is 0 Å². The average molecular weight is 326 g/mol. The molecule has 1 N–H and O–H groups in total. The van der Waals surface area contributed by atoms with Crippen LogP contribution in [0.5, 0.6) is 0 Å². The molecule has 4 rings (SSSR count). The Balaban J connectivity index is 1.46. The van der Waals surface area contributed by atoms with Crippen molar-refractivity contribution < 1.29 is 9.59 Å². The maximum Gasteiger partial charge on any atom is 0.263 e. The van der Waals surface area contributed by atoms with E-state index in [1.165, 1.54) is 11.3 Å². The number of benzene rings is 1. The van der Waals surface area contributed by atoms with Gasteiger partial charge in [0.15, 0.2) is 0 Å². The lowest BCUT2D eigenvalue weighted by atomic mass is 9.81. The first kappa shape index (κ1) is 14.5. The zero-order chi connectivity index (χ0) is 15.8. The summed E-state index contributed by atoms with van der Waals surface area (Å²) >= 11 is 1.49. The maximum absolute atomic E-state index is 12.4. The highest BCUT2D eigenvalue weighted by Crippen LogP contribution is 2.41. The summed E-state index contributed by atoms with van der Waals surface area (Å²) < 4.78 is 0. The zero-order valence-electron chi connectivity index (χ0n) is 12.7. The molecule has 1 aromatic carbocycles. The molecule has 2 amide bonds. The van der Waals surface area contributed by atoms with Crippen molar-refractivity contribution in [1.29, 1.82) is 0 Å². The van der Waals surface area contributed by atoms with Crippen LogP contribution in [0, 0.1) is 5.92 Å². The molecule has 0 bridgehead atoms. The third-order valence-corrected chi connectivity index (χ3v) is 5.72. The van der Waals surface area contributed by atoms with Crippen LogP contribution >= 0.6 is 11.3 Å². The molecular weight excluding hydrogens is 308 g/mol. The minimum Gasteiger partial charge on any atom is -0.338 e. The summed E-state index contributed by atoms with van der Waals surface area (Å²) in [6.45, 7) is 1.46. The van der Waals surface area contributed by atoms with Crippen molar-refractivity contribution in [3.8, 4) is 0 Å². The monoisotopic (exact) mass is 326 g/mol. The van der Waals surface area contributed by atoms with Crippen LogP contribution in [0.1, 0.15) is 34.0 Å². The van der Waals surface area contributed by atoms with Crippen molar-refractivity contribution >= 4 is 28.8 Å². The number of hydrogen-bond donors (Lipinski definition) is 1. The number of amides is 2. The van der Waals surface area contributed by atoms with Crippen LogP contribution in [0.25, 0.3) is 0 Å². The van der Waals surface area contributed by atoms with Crippen LogP contribution in [0.3, 0.4) is 0 Å². The number of anilines is 1. The normalized spacial score (nSPS) is 21.1. The summed E-state index contributed by atoms with van der Waals surface area (Å²) in [5, 5.41) is 4.91. The second kappa shape index (κ2) is 5.81. The van der Waals surface area contributed by atoms with Crippen LogP contribution in [0.15, 0.2) is 41.8 Å². The Kier molecular flexibility index (Phi) is 3.65. The quantitative estimate of drug-likeness (QED) is 0.920. The van der Waals surface area contributed by atoms with Crippen LogP contribution in [0.4, 0.5) is 5.69 Å². The van der Waals surface area contributed by atoms with E-state index in [0.717, 1.165) is 42.1 Å². The van der Waals surface area contributed by atoms with Crippen LogP contribution in [0.2, 0.25) is 0 Å². The predicted octanol–water partition coefficient (Wildman–Crippen LogP) is 3.34. The molecule has 2 aliphatic rings. The van der Waals surface area contributed by atoms with E-state index in [4.69, 9.17) is 0 Å². The van der Waals surface area contributed by atoms with E-state index < -0.39 is 0 Å². The minimum absolute atomic E-state index is 0.0646. The third kappa shape index (κ3) is 2.55. The van der Waals surface area contributed by atoms with Crippen molar-refractivity contribution in [3.05, 3.63) is 52.2 Å². The highest BCUT2D eigenvalue weighted by Gasteiger charge is 2.38. The van der Waals surface area contributed by atoms with Crippen molar-refractivity contribution in [1.82, 2.24) is 4.90 Å². The molecule has 1 unspecified atom stereocenters. The summed E-state index contributed by atoms with van der Waals surface area (Å²) in [6, 6.07) is 11.7. The van der Waals surface area contributed by atoms with Crippen LogP contribution in [-0.2, 0) is 4.79 Å². The number of para-hydroxylation sites is 1. The Hall–Kier alpha value is -2.14. The Morgan fingerprint density at radius 3 is 2.65 bits per heavy atom. The van der Waals surface area contributed by atoms with Gasteiger partial charge in [0.25, 0.3) is 5.91 Å². The van der Waals surface area contributed by atoms with Crippen LogP contribution in [-0.4, -0.2) is 29.8 Å². The van der Waals surface area contributed by atoms with E-state index in [2.05, 4.69) is 5.32 Å². The number of carbonyl (C=O) groups is 2. The van der Waals surface area contributed by atoms with Crippen molar-refractivity contribution in [2.45, 2.75) is 18.8 Å². The number of carbonyl (C=O) groups excluding carboxylic acids is 2. The van der Waals surface area contributed by atoms with Gasteiger partial charge in [0, 0.05) is 18.8 Å². The molecule has 23 heavy (non-hydrogen) atoms. The summed E-state index contributed by atoms with van der Waals surface area (Å²) in [5.74, 6) is 0.472. The van der Waals surface area contributed by atoms with E-state index in [0.29, 0.717) is 5.92 Å². The second-order valence-electron chi connectivity index (χ2n) is 6.16. The SMILES string of the molecule is O=C1Nc2ccccc2C1C1CCN(C(=O)c2cccs2)CC1. The number of thiophene rings is 1. The Morgan fingerprint density at radius 1 is 1.13 bits per heavy atom. The first-order chi connectivity index (χ1) is 11.2. The molecule has 2 aliphatic heterocycles. The maximum atomic E-state index is 12.4. The Labute approximate surface area is 139 Å². The lowest BCUT2D eigenvalue weighted by Gasteiger charge is -2.34. The molecule has 1 fully saturated rings. The van der Waals surface area contributed by atoms with Gasteiger partial charge in [0.2, 0.25) is 5.91 Å². The topological polar surface area (TPSA) is 49.4 Å². The van der Waals surface area contributed by atoms with Gasteiger partial charge in [-0.15, -0.1) is 11.3 Å². The van der Waals surface area contributed by atoms with E-state index in [1.54, 1.807) is 0 Å². The van der Waals surface area contributed by atoms with Crippen molar-refractivity contribution in [2.24, 2.45) is 5.92 Å². The lowest BCUT2D eigenvalue weighted by Crippen LogP contribution is -2.40. The second-order valence-corrected chi connectivity index (χ2v) is 7.11. The van der Waals surface area contributed by atoms with Crippen molar-refractivity contribution in [2.75, 3.05) is 18.4 Å². The fourth-order valence-electron chi connectivity index (χ4n) is 3.69. The molecule has 0 radical (unpaired) electrons. The van der Waals surface area contributed by atoms with Gasteiger partial charge in [-0.2, -0.15) is 0 Å². The minimum atomic E-state index is -0.0646. The van der Waals surface area contributed by atoms with Gasteiger partial charge in [0.1, 0.15) is 0 Å². The first-order valence-corrected chi connectivity index (χ1v) is 8.84. The van der Waals surface area contributed by atoms with Gasteiger partial charge in [0.05, 0.1) is 10.8 Å². The predicted molar refractivity (Wildman–Crippen MR) is 90.8 cm³/mol. The molecule has 1 atom stereocenters. The van der Waals surface area contributed by atoms with E-state index in [9.17, 15) is 9.59 Å². The molecule has 0 spiro atoms. The number of hydrogen-bond acceptors (Lipinski definition) is 3. The molecule has 4 nitrogen and oxygen atoms in total. The number of fused-ring (bicyclic) bond motifs is 1. The Bertz CT molecular complexity index is 733. The van der Waals surface area contributed by atoms with Crippen LogP contribution < -0.4 is 5.32 Å². The molecule has 1 aromatic heterocycles. The van der Waals surface area contributed by atoms with Gasteiger partial charge >= 0.3 is 0 Å². The summed E-state index contributed by atoms with van der Waals surface area (Å²) in [5.41, 5.74) is 2.06. The van der Waals surface area contributed by atoms with Gasteiger partial charge in [-0.05, 0) is 41.8 Å². The van der Waals surface area contributed by atoms with Gasteiger partial charge in [-0.3, -0.25) is 9.59 Å². The average Bonchev–Trinajstić information content (AvgIpc) is 3.21. The number of piperidine rings is 1. The fourth-order valence-corrected chi connectivity index (χ4v) is 4.38. The van der Waals surface area contributed by atoms with E-state index in [1.807, 2.05) is 46.7 Å². The molecule has 1 saturated heterocycles. The first-order valence-electron chi connectivity index (χ1n) is 7.96.